The second-order valence-electron chi connectivity index (χ2n) is 8.55. The van der Waals surface area contributed by atoms with Gasteiger partial charge in [-0.25, -0.2) is 4.79 Å². The number of rotatable bonds is 6. The largest absolute Gasteiger partial charge is 0.508 e. The standard InChI is InChI=1S/C23H30O9/c1-10(2)12-5-4-11(3)8-14(12)17-16(25)7-6-13(21(28)29)20(17)31-23-15(9-24)18(26)19(27)22(30)32-23/h6-8,12,14-15,18-19,22-27,30H,1,4-5,9H2,2-3H3,(H,28,29)/t12-,14+,15+,18+,19-,22-,23?/m0/s1. The number of ether oxygens (including phenoxy) is 2. The van der Waals surface area contributed by atoms with Crippen LogP contribution in [0.3, 0.4) is 0 Å². The molecule has 0 aromatic heterocycles. The van der Waals surface area contributed by atoms with Gasteiger partial charge in [-0.1, -0.05) is 23.8 Å². The predicted octanol–water partition coefficient (Wildman–Crippen LogP) is 1.49. The zero-order chi connectivity index (χ0) is 23.7. The van der Waals surface area contributed by atoms with Crippen LogP contribution in [0.2, 0.25) is 0 Å². The first-order chi connectivity index (χ1) is 15.1. The Bertz CT molecular complexity index is 909. The first-order valence-corrected chi connectivity index (χ1v) is 10.5. The van der Waals surface area contributed by atoms with Crippen molar-refractivity contribution in [3.63, 3.8) is 0 Å². The van der Waals surface area contributed by atoms with Crippen molar-refractivity contribution in [3.8, 4) is 11.5 Å². The molecule has 0 bridgehead atoms. The average Bonchev–Trinajstić information content (AvgIpc) is 2.72. The Balaban J connectivity index is 2.14. The van der Waals surface area contributed by atoms with Crippen LogP contribution in [0.5, 0.6) is 11.5 Å². The summed E-state index contributed by atoms with van der Waals surface area (Å²) in [5, 5.41) is 60.3. The SMILES string of the molecule is C=C(C)[C@@H]1CCC(C)=C[C@H]1c1c(O)ccc(C(=O)O)c1OC1O[C@H](O)[C@@H](O)[C@H](O)[C@H]1CO. The van der Waals surface area contributed by atoms with Crippen molar-refractivity contribution in [1.29, 1.82) is 0 Å². The molecule has 6 N–H and O–H groups in total. The normalized spacial score (nSPS) is 32.8. The van der Waals surface area contributed by atoms with Gasteiger partial charge in [0.1, 0.15) is 23.2 Å². The highest BCUT2D eigenvalue weighted by atomic mass is 16.7. The minimum Gasteiger partial charge on any atom is -0.508 e. The van der Waals surface area contributed by atoms with Gasteiger partial charge in [-0.05, 0) is 44.7 Å². The van der Waals surface area contributed by atoms with Crippen LogP contribution < -0.4 is 4.74 Å². The van der Waals surface area contributed by atoms with Gasteiger partial charge in [0.15, 0.2) is 6.29 Å². The molecule has 0 amide bonds. The van der Waals surface area contributed by atoms with Crippen molar-refractivity contribution in [1.82, 2.24) is 0 Å². The van der Waals surface area contributed by atoms with Crippen molar-refractivity contribution in [2.45, 2.75) is 57.4 Å². The summed E-state index contributed by atoms with van der Waals surface area (Å²) in [4.78, 5) is 12.0. The molecular formula is C23H30O9. The summed E-state index contributed by atoms with van der Waals surface area (Å²) < 4.78 is 11.1. The number of aliphatic hydroxyl groups is 4. The number of hydrogen-bond acceptors (Lipinski definition) is 8. The lowest BCUT2D eigenvalue weighted by Gasteiger charge is -2.40. The molecule has 9 heteroatoms. The zero-order valence-corrected chi connectivity index (χ0v) is 18.0. The monoisotopic (exact) mass is 450 g/mol. The van der Waals surface area contributed by atoms with E-state index < -0.39 is 49.2 Å². The Labute approximate surface area is 185 Å². The van der Waals surface area contributed by atoms with E-state index in [1.165, 1.54) is 12.1 Å². The van der Waals surface area contributed by atoms with E-state index >= 15 is 0 Å². The molecule has 2 aliphatic rings. The van der Waals surface area contributed by atoms with Crippen LogP contribution in [-0.2, 0) is 4.74 Å². The third kappa shape index (κ3) is 4.53. The zero-order valence-electron chi connectivity index (χ0n) is 18.0. The molecule has 0 saturated carbocycles. The van der Waals surface area contributed by atoms with Crippen LogP contribution in [0.1, 0.15) is 48.5 Å². The van der Waals surface area contributed by atoms with Gasteiger partial charge in [0.2, 0.25) is 6.29 Å². The Kier molecular flexibility index (Phi) is 7.26. The number of aliphatic hydroxyl groups excluding tert-OH is 4. The number of allylic oxidation sites excluding steroid dienone is 3. The van der Waals surface area contributed by atoms with Crippen LogP contribution in [0.25, 0.3) is 0 Å². The Morgan fingerprint density at radius 2 is 1.94 bits per heavy atom. The highest BCUT2D eigenvalue weighted by molar-refractivity contribution is 5.92. The average molecular weight is 450 g/mol. The van der Waals surface area contributed by atoms with Crippen molar-refractivity contribution in [2.24, 2.45) is 11.8 Å². The second kappa shape index (κ2) is 9.60. The van der Waals surface area contributed by atoms with E-state index in [1.54, 1.807) is 0 Å². The van der Waals surface area contributed by atoms with Gasteiger partial charge in [-0.2, -0.15) is 0 Å². The predicted molar refractivity (Wildman–Crippen MR) is 113 cm³/mol. The Morgan fingerprint density at radius 3 is 2.53 bits per heavy atom. The number of carboxylic acids is 1. The molecule has 0 spiro atoms. The molecule has 1 aliphatic heterocycles. The molecule has 1 aromatic carbocycles. The maximum atomic E-state index is 12.0. The van der Waals surface area contributed by atoms with Gasteiger partial charge in [0.05, 0.1) is 18.6 Å². The maximum Gasteiger partial charge on any atom is 0.339 e. The Morgan fingerprint density at radius 1 is 1.25 bits per heavy atom. The van der Waals surface area contributed by atoms with Gasteiger partial charge in [0.25, 0.3) is 0 Å². The number of carboxylic acid groups (broad SMARTS) is 1. The summed E-state index contributed by atoms with van der Waals surface area (Å²) in [5.41, 5.74) is 1.88. The number of phenolic OH excluding ortho intramolecular Hbond substituents is 1. The summed E-state index contributed by atoms with van der Waals surface area (Å²) in [7, 11) is 0. The van der Waals surface area contributed by atoms with E-state index in [4.69, 9.17) is 9.47 Å². The molecule has 32 heavy (non-hydrogen) atoms. The van der Waals surface area contributed by atoms with Crippen LogP contribution >= 0.6 is 0 Å². The first kappa shape index (κ1) is 24.2. The maximum absolute atomic E-state index is 12.0. The van der Waals surface area contributed by atoms with E-state index in [2.05, 4.69) is 6.58 Å². The molecule has 9 nitrogen and oxygen atoms in total. The number of benzene rings is 1. The number of hydrogen-bond donors (Lipinski definition) is 6. The quantitative estimate of drug-likeness (QED) is 0.353. The van der Waals surface area contributed by atoms with Gasteiger partial charge in [0, 0.05) is 11.5 Å². The smallest absolute Gasteiger partial charge is 0.339 e. The van der Waals surface area contributed by atoms with Crippen LogP contribution in [-0.4, -0.2) is 68.0 Å². The molecule has 1 aliphatic carbocycles. The van der Waals surface area contributed by atoms with Crippen LogP contribution in [0, 0.1) is 11.8 Å². The van der Waals surface area contributed by atoms with Gasteiger partial charge >= 0.3 is 5.97 Å². The fraction of sp³-hybridized carbons (Fsp3) is 0.522. The molecule has 1 unspecified atom stereocenters. The number of aromatic carboxylic acids is 1. The van der Waals surface area contributed by atoms with Gasteiger partial charge in [-0.15, -0.1) is 0 Å². The fourth-order valence-corrected chi connectivity index (χ4v) is 4.44. The lowest BCUT2D eigenvalue weighted by molar-refractivity contribution is -0.312. The van der Waals surface area contributed by atoms with Crippen molar-refractivity contribution >= 4 is 5.97 Å². The van der Waals surface area contributed by atoms with Crippen molar-refractivity contribution < 1.29 is 44.9 Å². The summed E-state index contributed by atoms with van der Waals surface area (Å²) in [5.74, 6) is -3.40. The Hall–Kier alpha value is -2.43. The minimum absolute atomic E-state index is 0.0880. The fourth-order valence-electron chi connectivity index (χ4n) is 4.44. The molecule has 1 aromatic rings. The lowest BCUT2D eigenvalue weighted by Crippen LogP contribution is -2.57. The summed E-state index contributed by atoms with van der Waals surface area (Å²) >= 11 is 0. The summed E-state index contributed by atoms with van der Waals surface area (Å²) in [6.07, 6.45) is -3.03. The number of aromatic hydroxyl groups is 1. The molecule has 0 radical (unpaired) electrons. The molecule has 1 saturated heterocycles. The highest BCUT2D eigenvalue weighted by Gasteiger charge is 2.46. The van der Waals surface area contributed by atoms with E-state index in [-0.39, 0.29) is 28.5 Å². The second-order valence-corrected chi connectivity index (χ2v) is 8.55. The topological polar surface area (TPSA) is 157 Å². The van der Waals surface area contributed by atoms with Crippen LogP contribution in [0.4, 0.5) is 0 Å². The number of phenols is 1. The van der Waals surface area contributed by atoms with Crippen molar-refractivity contribution in [2.75, 3.05) is 6.61 Å². The third-order valence-corrected chi connectivity index (χ3v) is 6.27. The summed E-state index contributed by atoms with van der Waals surface area (Å²) in [6, 6.07) is 2.46. The first-order valence-electron chi connectivity index (χ1n) is 10.5. The molecule has 7 atom stereocenters. The molecule has 1 fully saturated rings. The molecule has 3 rings (SSSR count). The third-order valence-electron chi connectivity index (χ3n) is 6.27. The van der Waals surface area contributed by atoms with Gasteiger partial charge < -0.3 is 40.1 Å². The van der Waals surface area contributed by atoms with E-state index in [0.717, 1.165) is 24.0 Å². The minimum atomic E-state index is -1.81. The number of carbonyl (C=O) groups is 1. The van der Waals surface area contributed by atoms with Gasteiger partial charge in [-0.3, -0.25) is 0 Å². The molecular weight excluding hydrogens is 420 g/mol. The van der Waals surface area contributed by atoms with E-state index in [0.29, 0.717) is 0 Å². The summed E-state index contributed by atoms with van der Waals surface area (Å²) in [6.45, 7) is 7.19. The van der Waals surface area contributed by atoms with E-state index in [1.807, 2.05) is 19.9 Å². The van der Waals surface area contributed by atoms with Crippen molar-refractivity contribution in [3.05, 3.63) is 47.1 Å². The molecule has 176 valence electrons. The highest BCUT2D eigenvalue weighted by Crippen LogP contribution is 2.48. The molecule has 1 heterocycles. The van der Waals surface area contributed by atoms with Crippen LogP contribution in [0.15, 0.2) is 35.9 Å². The van der Waals surface area contributed by atoms with E-state index in [9.17, 15) is 35.4 Å². The lowest BCUT2D eigenvalue weighted by atomic mass is 9.73.